The van der Waals surface area contributed by atoms with E-state index >= 15 is 0 Å². The molecule has 0 aliphatic heterocycles. The maximum Gasteiger partial charge on any atom is 0.207 e. The van der Waals surface area contributed by atoms with Gasteiger partial charge in [0.15, 0.2) is 5.60 Å². The number of benzene rings is 2. The number of phenols is 3. The van der Waals surface area contributed by atoms with Crippen molar-refractivity contribution < 1.29 is 45.3 Å². The van der Waals surface area contributed by atoms with Crippen molar-refractivity contribution in [1.82, 2.24) is 0 Å². The number of carbonyl (C=O) groups is 2. The van der Waals surface area contributed by atoms with Gasteiger partial charge in [-0.2, -0.15) is 0 Å². The van der Waals surface area contributed by atoms with Crippen molar-refractivity contribution >= 4 is 22.3 Å². The highest BCUT2D eigenvalue weighted by molar-refractivity contribution is 6.36. The first-order valence-corrected chi connectivity index (χ1v) is 15.0. The zero-order valence-electron chi connectivity index (χ0n) is 26.5. The maximum absolute atomic E-state index is 13.6. The van der Waals surface area contributed by atoms with Crippen LogP contribution in [-0.2, 0) is 0 Å². The zero-order chi connectivity index (χ0) is 33.1. The van der Waals surface area contributed by atoms with Crippen LogP contribution in [0.3, 0.4) is 0 Å². The van der Waals surface area contributed by atoms with Gasteiger partial charge >= 0.3 is 0 Å². The van der Waals surface area contributed by atoms with Crippen LogP contribution in [0.2, 0.25) is 0 Å². The Morgan fingerprint density at radius 2 is 1.45 bits per heavy atom. The number of rotatable bonds is 13. The van der Waals surface area contributed by atoms with E-state index in [1.54, 1.807) is 26.8 Å². The number of allylic oxidation sites excluding steroid dienone is 4. The minimum Gasteiger partial charge on any atom is -0.507 e. The predicted octanol–water partition coefficient (Wildman–Crippen LogP) is 5.36. The number of hydrogen-bond donors (Lipinski definition) is 7. The van der Waals surface area contributed by atoms with Gasteiger partial charge < -0.3 is 35.7 Å². The molecule has 9 heteroatoms. The van der Waals surface area contributed by atoms with Gasteiger partial charge in [-0.3, -0.25) is 9.59 Å². The third-order valence-corrected chi connectivity index (χ3v) is 8.65. The molecule has 0 amide bonds. The van der Waals surface area contributed by atoms with E-state index in [1.165, 1.54) is 13.0 Å². The van der Waals surface area contributed by atoms with Gasteiger partial charge in [0, 0.05) is 22.8 Å². The summed E-state index contributed by atoms with van der Waals surface area (Å²) in [7, 11) is 0. The molecule has 0 heterocycles. The second kappa shape index (κ2) is 13.6. The number of aromatic hydroxyl groups is 3. The summed E-state index contributed by atoms with van der Waals surface area (Å²) in [6, 6.07) is 1.30. The fourth-order valence-electron chi connectivity index (χ4n) is 5.61. The van der Waals surface area contributed by atoms with E-state index in [0.29, 0.717) is 37.7 Å². The monoisotopic (exact) mass is 610 g/mol. The van der Waals surface area contributed by atoms with Crippen molar-refractivity contribution in [3.63, 3.8) is 0 Å². The zero-order valence-corrected chi connectivity index (χ0v) is 26.5. The van der Waals surface area contributed by atoms with E-state index < -0.39 is 40.4 Å². The molecule has 2 atom stereocenters. The normalized spacial score (nSPS) is 18.8. The van der Waals surface area contributed by atoms with Crippen LogP contribution < -0.4 is 0 Å². The highest BCUT2D eigenvalue weighted by Crippen LogP contribution is 2.49. The van der Waals surface area contributed by atoms with E-state index in [-0.39, 0.29) is 46.2 Å². The average molecular weight is 611 g/mol. The van der Waals surface area contributed by atoms with Gasteiger partial charge in [0.1, 0.15) is 17.2 Å². The van der Waals surface area contributed by atoms with Crippen LogP contribution in [0.5, 0.6) is 17.2 Å². The first kappa shape index (κ1) is 35.0. The third kappa shape index (κ3) is 7.07. The van der Waals surface area contributed by atoms with Crippen LogP contribution in [0.15, 0.2) is 41.0 Å². The molecule has 1 aliphatic rings. The number of phenolic OH excluding ortho intramolecular Hbond substituents is 3. The summed E-state index contributed by atoms with van der Waals surface area (Å²) in [6.07, 6.45) is 8.07. The Kier molecular flexibility index (Phi) is 10.9. The number of aryl methyl sites for hydroxylation is 1. The van der Waals surface area contributed by atoms with E-state index in [1.807, 2.05) is 19.9 Å². The third-order valence-electron chi connectivity index (χ3n) is 8.65. The lowest BCUT2D eigenvalue weighted by Gasteiger charge is -2.32. The van der Waals surface area contributed by atoms with Crippen LogP contribution in [0, 0.1) is 13.8 Å². The lowest BCUT2D eigenvalue weighted by atomic mass is 9.73. The molecule has 44 heavy (non-hydrogen) atoms. The second-order valence-corrected chi connectivity index (χ2v) is 12.7. The van der Waals surface area contributed by atoms with Gasteiger partial charge in [0.05, 0.1) is 29.4 Å². The lowest BCUT2D eigenvalue weighted by molar-refractivity contribution is -0.0511. The van der Waals surface area contributed by atoms with Gasteiger partial charge in [0.2, 0.25) is 11.6 Å². The van der Waals surface area contributed by atoms with E-state index in [9.17, 15) is 45.3 Å². The minimum absolute atomic E-state index is 0.0405. The molecule has 2 unspecified atom stereocenters. The molecule has 0 fully saturated rings. The van der Waals surface area contributed by atoms with Crippen LogP contribution in [0.25, 0.3) is 10.8 Å². The lowest BCUT2D eigenvalue weighted by Crippen LogP contribution is -2.49. The van der Waals surface area contributed by atoms with Crippen molar-refractivity contribution in [2.45, 2.75) is 104 Å². The summed E-state index contributed by atoms with van der Waals surface area (Å²) < 4.78 is 0. The smallest absolute Gasteiger partial charge is 0.207 e. The van der Waals surface area contributed by atoms with Gasteiger partial charge in [-0.1, -0.05) is 29.4 Å². The SMILES string of the molecule is CC(=CCCC(C)=CCC1(O)C(=O)c2c(O)cc(C)c3c(O)c(C)c(O)c(c23)C1=O)CCC=C(CO)CCC(O)C(C)(C)O. The van der Waals surface area contributed by atoms with Crippen LogP contribution in [-0.4, -0.2) is 71.2 Å². The van der Waals surface area contributed by atoms with Crippen molar-refractivity contribution in [2.75, 3.05) is 6.61 Å². The summed E-state index contributed by atoms with van der Waals surface area (Å²) >= 11 is 0. The van der Waals surface area contributed by atoms with Crippen molar-refractivity contribution in [3.8, 4) is 17.2 Å². The molecular weight excluding hydrogens is 564 g/mol. The largest absolute Gasteiger partial charge is 0.507 e. The summed E-state index contributed by atoms with van der Waals surface area (Å²) in [4.78, 5) is 27.1. The highest BCUT2D eigenvalue weighted by Gasteiger charge is 2.51. The Hall–Kier alpha value is -3.50. The number of Topliss-reactive ketones (excluding diaryl/α,β-unsaturated/α-hetero) is 2. The Balaban J connectivity index is 1.68. The highest BCUT2D eigenvalue weighted by atomic mass is 16.3. The molecule has 7 N–H and O–H groups in total. The van der Waals surface area contributed by atoms with Gasteiger partial charge in [-0.25, -0.2) is 0 Å². The number of carbonyl (C=O) groups excluding carboxylic acids is 2. The van der Waals surface area contributed by atoms with Gasteiger partial charge in [-0.05, 0) is 97.3 Å². The van der Waals surface area contributed by atoms with Crippen molar-refractivity contribution in [3.05, 3.63) is 63.3 Å². The molecule has 0 radical (unpaired) electrons. The van der Waals surface area contributed by atoms with E-state index in [4.69, 9.17) is 0 Å². The molecule has 3 rings (SSSR count). The predicted molar refractivity (Wildman–Crippen MR) is 169 cm³/mol. The molecule has 240 valence electrons. The summed E-state index contributed by atoms with van der Waals surface area (Å²) in [5, 5.41) is 73.2. The Morgan fingerprint density at radius 1 is 0.886 bits per heavy atom. The molecule has 0 bridgehead atoms. The molecule has 2 aromatic carbocycles. The molecule has 9 nitrogen and oxygen atoms in total. The molecule has 0 aromatic heterocycles. The molecule has 0 spiro atoms. The van der Waals surface area contributed by atoms with Crippen molar-refractivity contribution in [1.29, 1.82) is 0 Å². The van der Waals surface area contributed by atoms with Crippen molar-refractivity contribution in [2.24, 2.45) is 0 Å². The number of ketones is 2. The van der Waals surface area contributed by atoms with E-state index in [2.05, 4.69) is 6.08 Å². The number of aliphatic hydroxyl groups is 4. The fraction of sp³-hybridized carbons (Fsp3) is 0.486. The first-order valence-electron chi connectivity index (χ1n) is 15.0. The summed E-state index contributed by atoms with van der Waals surface area (Å²) in [5.74, 6) is -3.23. The topological polar surface area (TPSA) is 176 Å². The number of aliphatic hydroxyl groups excluding tert-OH is 2. The Bertz CT molecular complexity index is 1540. The molecule has 1 aliphatic carbocycles. The summed E-state index contributed by atoms with van der Waals surface area (Å²) in [5.41, 5.74) is -1.06. The van der Waals surface area contributed by atoms with Gasteiger partial charge in [-0.15, -0.1) is 0 Å². The van der Waals surface area contributed by atoms with Crippen LogP contribution >= 0.6 is 0 Å². The molecule has 0 saturated carbocycles. The number of hydrogen-bond acceptors (Lipinski definition) is 9. The Labute approximate surface area is 258 Å². The first-order chi connectivity index (χ1) is 20.4. The fourth-order valence-corrected chi connectivity index (χ4v) is 5.61. The second-order valence-electron chi connectivity index (χ2n) is 12.7. The molecular formula is C35H46O9. The maximum atomic E-state index is 13.6. The molecule has 2 aromatic rings. The summed E-state index contributed by atoms with van der Waals surface area (Å²) in [6.45, 7) is 9.86. The van der Waals surface area contributed by atoms with Crippen LogP contribution in [0.1, 0.15) is 104 Å². The average Bonchev–Trinajstić information content (AvgIpc) is 2.94. The standard InChI is InChI=1S/C35H46O9/c1-19(11-8-12-23(18-36)13-14-25(38)34(5,6)43)9-7-10-20(2)15-16-35(44)32(41)27-24(37)17-21(3)26-28(27)29(33(35)42)31(40)22(4)30(26)39/h9,12,15,17,25,36-40,43-44H,7-8,10-11,13-14,16,18H2,1-6H3. The van der Waals surface area contributed by atoms with E-state index in [0.717, 1.165) is 23.1 Å². The minimum atomic E-state index is -2.53. The molecule has 0 saturated heterocycles. The Morgan fingerprint density at radius 3 is 2.05 bits per heavy atom. The van der Waals surface area contributed by atoms with Crippen LogP contribution in [0.4, 0.5) is 0 Å². The van der Waals surface area contributed by atoms with Gasteiger partial charge in [0.25, 0.3) is 0 Å². The quantitative estimate of drug-likeness (QED) is 0.116.